The standard InChI is InChI=1S/C24H19FN4O3S/c1-15-2-8-18(9-3-15)26-22(30)16-4-12-20(13-5-16)32-14-21-28-29-24(33-21)23(31)27-19-10-6-17(25)7-11-19/h2-13H,14H2,1H3,(H,26,30)(H,27,31). The summed E-state index contributed by atoms with van der Waals surface area (Å²) in [4.78, 5) is 24.6. The van der Waals surface area contributed by atoms with E-state index in [1.165, 1.54) is 24.3 Å². The first-order valence-corrected chi connectivity index (χ1v) is 10.8. The average molecular weight is 463 g/mol. The number of halogens is 1. The Bertz CT molecular complexity index is 1260. The van der Waals surface area contributed by atoms with Crippen LogP contribution in [0.2, 0.25) is 0 Å². The van der Waals surface area contributed by atoms with E-state index in [1.54, 1.807) is 24.3 Å². The number of aromatic nitrogens is 2. The molecule has 0 spiro atoms. The van der Waals surface area contributed by atoms with Gasteiger partial charge in [-0.15, -0.1) is 10.2 Å². The minimum atomic E-state index is -0.436. The van der Waals surface area contributed by atoms with E-state index < -0.39 is 5.91 Å². The molecule has 1 heterocycles. The van der Waals surface area contributed by atoms with E-state index in [2.05, 4.69) is 20.8 Å². The fraction of sp³-hybridized carbons (Fsp3) is 0.0833. The first-order chi connectivity index (χ1) is 16.0. The Morgan fingerprint density at radius 3 is 2.12 bits per heavy atom. The van der Waals surface area contributed by atoms with Crippen molar-refractivity contribution in [2.45, 2.75) is 13.5 Å². The van der Waals surface area contributed by atoms with Crippen LogP contribution in [0.3, 0.4) is 0 Å². The fourth-order valence-electron chi connectivity index (χ4n) is 2.81. The number of ether oxygens (including phenoxy) is 1. The molecule has 0 saturated carbocycles. The Morgan fingerprint density at radius 2 is 1.45 bits per heavy atom. The van der Waals surface area contributed by atoms with Gasteiger partial charge in [0.25, 0.3) is 11.8 Å². The highest BCUT2D eigenvalue weighted by atomic mass is 32.1. The Kier molecular flexibility index (Phi) is 6.70. The number of benzene rings is 3. The number of carbonyl (C=O) groups excluding carboxylic acids is 2. The van der Waals surface area contributed by atoms with Crippen LogP contribution < -0.4 is 15.4 Å². The Balaban J connectivity index is 1.30. The zero-order valence-corrected chi connectivity index (χ0v) is 18.4. The molecule has 2 N–H and O–H groups in total. The number of nitrogens with zero attached hydrogens (tertiary/aromatic N) is 2. The molecule has 0 aliphatic carbocycles. The van der Waals surface area contributed by atoms with Crippen LogP contribution in [0.5, 0.6) is 5.75 Å². The van der Waals surface area contributed by atoms with E-state index in [9.17, 15) is 14.0 Å². The molecular weight excluding hydrogens is 443 g/mol. The lowest BCUT2D eigenvalue weighted by atomic mass is 10.2. The van der Waals surface area contributed by atoms with Crippen LogP contribution in [0, 0.1) is 12.7 Å². The summed E-state index contributed by atoms with van der Waals surface area (Å²) in [5.74, 6) is -0.488. The molecule has 0 aliphatic heterocycles. The quantitative estimate of drug-likeness (QED) is 0.400. The zero-order chi connectivity index (χ0) is 23.2. The number of hydrogen-bond acceptors (Lipinski definition) is 6. The van der Waals surface area contributed by atoms with Crippen LogP contribution in [0.15, 0.2) is 72.8 Å². The fourth-order valence-corrected chi connectivity index (χ4v) is 3.46. The normalized spacial score (nSPS) is 10.5. The molecule has 33 heavy (non-hydrogen) atoms. The number of rotatable bonds is 7. The van der Waals surface area contributed by atoms with Gasteiger partial charge in [0.05, 0.1) is 0 Å². The van der Waals surface area contributed by atoms with Crippen molar-refractivity contribution in [1.29, 1.82) is 0 Å². The first kappa shape index (κ1) is 22.1. The monoisotopic (exact) mass is 462 g/mol. The van der Waals surface area contributed by atoms with Crippen molar-refractivity contribution in [2.24, 2.45) is 0 Å². The second kappa shape index (κ2) is 10.0. The molecule has 0 fully saturated rings. The molecule has 1 aromatic heterocycles. The Morgan fingerprint density at radius 1 is 0.848 bits per heavy atom. The van der Waals surface area contributed by atoms with Crippen LogP contribution >= 0.6 is 11.3 Å². The van der Waals surface area contributed by atoms with Gasteiger partial charge < -0.3 is 15.4 Å². The van der Waals surface area contributed by atoms with Crippen LogP contribution in [0.1, 0.15) is 30.7 Å². The highest BCUT2D eigenvalue weighted by Gasteiger charge is 2.14. The molecule has 9 heteroatoms. The van der Waals surface area contributed by atoms with Crippen molar-refractivity contribution in [3.05, 3.63) is 99.8 Å². The van der Waals surface area contributed by atoms with Crippen molar-refractivity contribution in [3.63, 3.8) is 0 Å². The van der Waals surface area contributed by atoms with Gasteiger partial charge in [0.15, 0.2) is 5.01 Å². The van der Waals surface area contributed by atoms with Gasteiger partial charge >= 0.3 is 0 Å². The largest absolute Gasteiger partial charge is 0.486 e. The molecule has 4 rings (SSSR count). The molecule has 0 atom stereocenters. The predicted molar refractivity (Wildman–Crippen MR) is 124 cm³/mol. The first-order valence-electron chi connectivity index (χ1n) is 9.96. The Hall–Kier alpha value is -4.11. The van der Waals surface area contributed by atoms with Crippen molar-refractivity contribution < 1.29 is 18.7 Å². The minimum absolute atomic E-state index is 0.121. The molecule has 7 nitrogen and oxygen atoms in total. The molecule has 0 unspecified atom stereocenters. The molecule has 166 valence electrons. The summed E-state index contributed by atoms with van der Waals surface area (Å²) in [7, 11) is 0. The number of anilines is 2. The smallest absolute Gasteiger partial charge is 0.286 e. The lowest BCUT2D eigenvalue weighted by Gasteiger charge is -2.07. The van der Waals surface area contributed by atoms with E-state index in [-0.39, 0.29) is 23.3 Å². The van der Waals surface area contributed by atoms with Gasteiger partial charge in [-0.2, -0.15) is 0 Å². The zero-order valence-electron chi connectivity index (χ0n) is 17.5. The van der Waals surface area contributed by atoms with Gasteiger partial charge in [-0.25, -0.2) is 4.39 Å². The van der Waals surface area contributed by atoms with Crippen LogP contribution in [-0.4, -0.2) is 22.0 Å². The number of hydrogen-bond donors (Lipinski definition) is 2. The van der Waals surface area contributed by atoms with Gasteiger partial charge in [0, 0.05) is 16.9 Å². The molecular formula is C24H19FN4O3S. The van der Waals surface area contributed by atoms with Gasteiger partial charge in [-0.1, -0.05) is 29.0 Å². The lowest BCUT2D eigenvalue weighted by molar-refractivity contribution is 0.101. The number of nitrogens with one attached hydrogen (secondary N) is 2. The maximum absolute atomic E-state index is 13.0. The van der Waals surface area contributed by atoms with Crippen molar-refractivity contribution in [3.8, 4) is 5.75 Å². The highest BCUT2D eigenvalue weighted by molar-refractivity contribution is 7.13. The maximum Gasteiger partial charge on any atom is 0.286 e. The molecule has 0 aliphatic rings. The topological polar surface area (TPSA) is 93.2 Å². The van der Waals surface area contributed by atoms with E-state index in [0.29, 0.717) is 22.0 Å². The minimum Gasteiger partial charge on any atom is -0.486 e. The molecule has 2 amide bonds. The third-order valence-corrected chi connectivity index (χ3v) is 5.45. The average Bonchev–Trinajstić information content (AvgIpc) is 3.30. The summed E-state index contributed by atoms with van der Waals surface area (Å²) < 4.78 is 18.7. The summed E-state index contributed by atoms with van der Waals surface area (Å²) in [5.41, 5.74) is 2.80. The predicted octanol–water partition coefficient (Wildman–Crippen LogP) is 5.07. The number of carbonyl (C=O) groups is 2. The summed E-state index contributed by atoms with van der Waals surface area (Å²) in [5, 5.41) is 14.0. The van der Waals surface area contributed by atoms with Crippen molar-refractivity contribution in [2.75, 3.05) is 10.6 Å². The van der Waals surface area contributed by atoms with Gasteiger partial charge in [-0.3, -0.25) is 9.59 Å². The number of aryl methyl sites for hydroxylation is 1. The summed E-state index contributed by atoms with van der Waals surface area (Å²) in [6.45, 7) is 2.10. The maximum atomic E-state index is 13.0. The second-order valence-corrected chi connectivity index (χ2v) is 8.16. The second-order valence-electron chi connectivity index (χ2n) is 7.10. The van der Waals surface area contributed by atoms with Gasteiger partial charge in [-0.05, 0) is 67.6 Å². The molecule has 4 aromatic rings. The molecule has 3 aromatic carbocycles. The van der Waals surface area contributed by atoms with E-state index in [0.717, 1.165) is 22.6 Å². The van der Waals surface area contributed by atoms with Crippen LogP contribution in [0.4, 0.5) is 15.8 Å². The van der Waals surface area contributed by atoms with E-state index >= 15 is 0 Å². The third kappa shape index (κ3) is 5.98. The SMILES string of the molecule is Cc1ccc(NC(=O)c2ccc(OCc3nnc(C(=O)Nc4ccc(F)cc4)s3)cc2)cc1. The summed E-state index contributed by atoms with van der Waals surface area (Å²) in [6, 6.07) is 19.7. The Labute approximate surface area is 193 Å². The van der Waals surface area contributed by atoms with Crippen molar-refractivity contribution >= 4 is 34.5 Å². The summed E-state index contributed by atoms with van der Waals surface area (Å²) in [6.07, 6.45) is 0. The van der Waals surface area contributed by atoms with Crippen LogP contribution in [0.25, 0.3) is 0 Å². The van der Waals surface area contributed by atoms with E-state index in [4.69, 9.17) is 4.74 Å². The number of amides is 2. The van der Waals surface area contributed by atoms with Crippen LogP contribution in [-0.2, 0) is 6.61 Å². The molecule has 0 radical (unpaired) electrons. The third-order valence-electron chi connectivity index (χ3n) is 4.55. The van der Waals surface area contributed by atoms with E-state index in [1.807, 2.05) is 31.2 Å². The summed E-state index contributed by atoms with van der Waals surface area (Å²) >= 11 is 1.10. The molecule has 0 bridgehead atoms. The van der Waals surface area contributed by atoms with Crippen molar-refractivity contribution in [1.82, 2.24) is 10.2 Å². The highest BCUT2D eigenvalue weighted by Crippen LogP contribution is 2.18. The lowest BCUT2D eigenvalue weighted by Crippen LogP contribution is -2.11. The van der Waals surface area contributed by atoms with Gasteiger partial charge in [0.1, 0.15) is 18.2 Å². The molecule has 0 saturated heterocycles. The van der Waals surface area contributed by atoms with Gasteiger partial charge in [0.2, 0.25) is 5.01 Å².